The number of carbonyl (C=O) groups is 2. The van der Waals surface area contributed by atoms with Crippen molar-refractivity contribution < 1.29 is 14.3 Å². The molecule has 1 aromatic carbocycles. The Kier molecular flexibility index (Phi) is 5.71. The lowest BCUT2D eigenvalue weighted by atomic mass is 10.1. The van der Waals surface area contributed by atoms with Crippen LogP contribution in [0.1, 0.15) is 37.0 Å². The zero-order valence-electron chi connectivity index (χ0n) is 15.3. The smallest absolute Gasteiger partial charge is 0.342 e. The van der Waals surface area contributed by atoms with Gasteiger partial charge in [-0.25, -0.2) is 9.78 Å². The van der Waals surface area contributed by atoms with E-state index in [4.69, 9.17) is 4.74 Å². The number of fused-ring (bicyclic) bond motifs is 1. The number of rotatable bonds is 6. The van der Waals surface area contributed by atoms with Crippen molar-refractivity contribution in [2.45, 2.75) is 26.7 Å². The van der Waals surface area contributed by atoms with Gasteiger partial charge in [-0.2, -0.15) is 0 Å². The monoisotopic (exact) mass is 355 g/mol. The first-order chi connectivity index (χ1) is 12.5. The molecule has 0 spiro atoms. The van der Waals surface area contributed by atoms with Gasteiger partial charge in [-0.3, -0.25) is 4.79 Å². The van der Waals surface area contributed by atoms with Gasteiger partial charge in [0.05, 0.1) is 5.52 Å². The predicted molar refractivity (Wildman–Crippen MR) is 101 cm³/mol. The van der Waals surface area contributed by atoms with Gasteiger partial charge >= 0.3 is 5.97 Å². The van der Waals surface area contributed by atoms with E-state index in [2.05, 4.69) is 15.2 Å². The van der Waals surface area contributed by atoms with E-state index in [1.807, 2.05) is 44.2 Å². The second-order valence-electron chi connectivity index (χ2n) is 7.02. The average Bonchev–Trinajstić information content (AvgIpc) is 3.18. The highest BCUT2D eigenvalue weighted by Gasteiger charge is 2.23. The van der Waals surface area contributed by atoms with Crippen molar-refractivity contribution in [1.82, 2.24) is 10.3 Å². The van der Waals surface area contributed by atoms with Crippen LogP contribution in [-0.2, 0) is 9.53 Å². The number of ether oxygens (including phenoxy) is 1. The number of benzene rings is 1. The van der Waals surface area contributed by atoms with Gasteiger partial charge in [-0.1, -0.05) is 32.0 Å². The Bertz CT molecular complexity index is 798. The molecule has 6 heteroatoms. The number of nitrogens with one attached hydrogen (secondary N) is 1. The summed E-state index contributed by atoms with van der Waals surface area (Å²) in [5.74, 6) is 0.197. The third-order valence-electron chi connectivity index (χ3n) is 4.37. The van der Waals surface area contributed by atoms with Gasteiger partial charge in [0.1, 0.15) is 11.4 Å². The van der Waals surface area contributed by atoms with Gasteiger partial charge in [-0.05, 0) is 30.9 Å². The van der Waals surface area contributed by atoms with Crippen LogP contribution in [0.3, 0.4) is 0 Å². The first-order valence-electron chi connectivity index (χ1n) is 9.13. The fourth-order valence-electron chi connectivity index (χ4n) is 3.00. The molecular formula is C20H25N3O3. The maximum atomic E-state index is 12.6. The highest BCUT2D eigenvalue weighted by atomic mass is 16.5. The molecule has 1 aromatic heterocycles. The van der Waals surface area contributed by atoms with Crippen LogP contribution in [0, 0.1) is 5.92 Å². The fourth-order valence-corrected chi connectivity index (χ4v) is 3.00. The Labute approximate surface area is 153 Å². The molecule has 26 heavy (non-hydrogen) atoms. The molecule has 2 aromatic rings. The molecule has 1 saturated heterocycles. The Morgan fingerprint density at radius 1 is 1.23 bits per heavy atom. The lowest BCUT2D eigenvalue weighted by molar-refractivity contribution is -0.124. The second-order valence-corrected chi connectivity index (χ2v) is 7.02. The topological polar surface area (TPSA) is 71.5 Å². The third-order valence-corrected chi connectivity index (χ3v) is 4.37. The van der Waals surface area contributed by atoms with Crippen molar-refractivity contribution in [3.63, 3.8) is 0 Å². The molecule has 0 atom stereocenters. The molecule has 0 radical (unpaired) electrons. The number of carbonyl (C=O) groups excluding carboxylic acids is 2. The summed E-state index contributed by atoms with van der Waals surface area (Å²) in [5, 5.41) is 3.63. The highest BCUT2D eigenvalue weighted by Crippen LogP contribution is 2.27. The van der Waals surface area contributed by atoms with Gasteiger partial charge in [0.2, 0.25) is 0 Å². The van der Waals surface area contributed by atoms with E-state index in [9.17, 15) is 9.59 Å². The van der Waals surface area contributed by atoms with Crippen LogP contribution in [0.25, 0.3) is 10.9 Å². The minimum Gasteiger partial charge on any atom is -0.452 e. The largest absolute Gasteiger partial charge is 0.452 e. The van der Waals surface area contributed by atoms with Crippen molar-refractivity contribution >= 4 is 28.6 Å². The van der Waals surface area contributed by atoms with E-state index in [-0.39, 0.29) is 12.5 Å². The zero-order valence-corrected chi connectivity index (χ0v) is 15.3. The van der Waals surface area contributed by atoms with Crippen molar-refractivity contribution in [3.05, 3.63) is 35.9 Å². The molecule has 138 valence electrons. The summed E-state index contributed by atoms with van der Waals surface area (Å²) in [6, 6.07) is 9.50. The highest BCUT2D eigenvalue weighted by molar-refractivity contribution is 6.00. The Morgan fingerprint density at radius 2 is 1.96 bits per heavy atom. The molecular weight excluding hydrogens is 330 g/mol. The number of esters is 1. The number of hydrogen-bond acceptors (Lipinski definition) is 5. The number of pyridine rings is 1. The average molecular weight is 355 g/mol. The molecule has 0 aliphatic carbocycles. The van der Waals surface area contributed by atoms with Crippen molar-refractivity contribution in [2.75, 3.05) is 31.1 Å². The summed E-state index contributed by atoms with van der Waals surface area (Å²) < 4.78 is 5.25. The molecule has 1 amide bonds. The van der Waals surface area contributed by atoms with Crippen LogP contribution in [0.2, 0.25) is 0 Å². The van der Waals surface area contributed by atoms with Gasteiger partial charge in [0, 0.05) is 25.0 Å². The van der Waals surface area contributed by atoms with Crippen LogP contribution >= 0.6 is 0 Å². The van der Waals surface area contributed by atoms with Crippen molar-refractivity contribution in [3.8, 4) is 0 Å². The molecule has 0 bridgehead atoms. The minimum absolute atomic E-state index is 0.280. The molecule has 1 fully saturated rings. The summed E-state index contributed by atoms with van der Waals surface area (Å²) in [6.45, 7) is 6.05. The SMILES string of the molecule is CC(C)CNC(=O)COC(=O)c1cc2ccccc2nc1N1CCCC1. The normalized spacial score (nSPS) is 14.0. The third kappa shape index (κ3) is 4.31. The Balaban J connectivity index is 1.79. The molecule has 2 heterocycles. The molecule has 6 nitrogen and oxygen atoms in total. The van der Waals surface area contributed by atoms with E-state index < -0.39 is 5.97 Å². The number of nitrogens with zero attached hydrogens (tertiary/aromatic N) is 2. The lowest BCUT2D eigenvalue weighted by Gasteiger charge is -2.20. The lowest BCUT2D eigenvalue weighted by Crippen LogP contribution is -2.32. The molecule has 1 aliphatic heterocycles. The Morgan fingerprint density at radius 3 is 2.69 bits per heavy atom. The molecule has 3 rings (SSSR count). The first kappa shape index (κ1) is 18.2. The van der Waals surface area contributed by atoms with Crippen molar-refractivity contribution in [1.29, 1.82) is 0 Å². The van der Waals surface area contributed by atoms with Gasteiger partial charge in [-0.15, -0.1) is 0 Å². The molecule has 0 saturated carbocycles. The van der Waals surface area contributed by atoms with Gasteiger partial charge in [0.25, 0.3) is 5.91 Å². The second kappa shape index (κ2) is 8.17. The van der Waals surface area contributed by atoms with Crippen LogP contribution in [0.15, 0.2) is 30.3 Å². The predicted octanol–water partition coefficient (Wildman–Crippen LogP) is 2.76. The summed E-state index contributed by atoms with van der Waals surface area (Å²) in [6.07, 6.45) is 2.17. The maximum absolute atomic E-state index is 12.6. The number of amides is 1. The minimum atomic E-state index is -0.509. The number of para-hydroxylation sites is 1. The van der Waals surface area contributed by atoms with Crippen molar-refractivity contribution in [2.24, 2.45) is 5.92 Å². The van der Waals surface area contributed by atoms with E-state index >= 15 is 0 Å². The van der Waals surface area contributed by atoms with E-state index in [1.165, 1.54) is 0 Å². The molecule has 1 N–H and O–H groups in total. The van der Waals surface area contributed by atoms with E-state index in [0.717, 1.165) is 36.8 Å². The van der Waals surface area contributed by atoms with Gasteiger partial charge in [0.15, 0.2) is 6.61 Å². The quantitative estimate of drug-likeness (QED) is 0.807. The van der Waals surface area contributed by atoms with Gasteiger partial charge < -0.3 is 15.0 Å². The van der Waals surface area contributed by atoms with Crippen LogP contribution in [0.5, 0.6) is 0 Å². The number of aromatic nitrogens is 1. The zero-order chi connectivity index (χ0) is 18.5. The number of hydrogen-bond donors (Lipinski definition) is 1. The number of anilines is 1. The van der Waals surface area contributed by atoms with Crippen LogP contribution < -0.4 is 10.2 Å². The molecule has 0 unspecified atom stereocenters. The summed E-state index contributed by atoms with van der Waals surface area (Å²) in [5.41, 5.74) is 1.27. The summed E-state index contributed by atoms with van der Waals surface area (Å²) >= 11 is 0. The maximum Gasteiger partial charge on any atom is 0.342 e. The summed E-state index contributed by atoms with van der Waals surface area (Å²) in [7, 11) is 0. The standard InChI is InChI=1S/C20H25N3O3/c1-14(2)12-21-18(24)13-26-20(25)16-11-15-7-3-4-8-17(15)22-19(16)23-9-5-6-10-23/h3-4,7-8,11,14H,5-6,9-10,12-13H2,1-2H3,(H,21,24). The fraction of sp³-hybridized carbons (Fsp3) is 0.450. The van der Waals surface area contributed by atoms with E-state index in [1.54, 1.807) is 0 Å². The Hall–Kier alpha value is -2.63. The van der Waals surface area contributed by atoms with Crippen LogP contribution in [0.4, 0.5) is 5.82 Å². The summed E-state index contributed by atoms with van der Waals surface area (Å²) in [4.78, 5) is 31.3. The van der Waals surface area contributed by atoms with E-state index in [0.29, 0.717) is 23.8 Å². The first-order valence-corrected chi connectivity index (χ1v) is 9.13. The molecule has 1 aliphatic rings. The van der Waals surface area contributed by atoms with Crippen LogP contribution in [-0.4, -0.2) is 43.1 Å².